The SMILES string of the molecule is O=C(C[C@H](Cc1cc(Cl)c(O)c(C(F)(F)F)c1)C(=O)N1CCC(N2CCCCC2)CC1)N1CCC(N2Cc3ccccc3NC2=O)CC1. The number of aromatic hydroxyl groups is 1. The van der Waals surface area contributed by atoms with Crippen LogP contribution in [0.1, 0.15) is 68.1 Å². The van der Waals surface area contributed by atoms with E-state index in [-0.39, 0.29) is 42.3 Å². The highest BCUT2D eigenvalue weighted by molar-refractivity contribution is 6.32. The average Bonchev–Trinajstić information content (AvgIpc) is 3.09. The predicted molar refractivity (Wildman–Crippen MR) is 176 cm³/mol. The summed E-state index contributed by atoms with van der Waals surface area (Å²) in [7, 11) is 0. The molecule has 0 spiro atoms. The second kappa shape index (κ2) is 14.5. The summed E-state index contributed by atoms with van der Waals surface area (Å²) < 4.78 is 41.1. The predicted octanol–water partition coefficient (Wildman–Crippen LogP) is 6.13. The Morgan fingerprint density at radius 2 is 1.56 bits per heavy atom. The molecule has 0 saturated carbocycles. The van der Waals surface area contributed by atoms with Crippen molar-refractivity contribution in [2.45, 2.75) is 82.6 Å². The van der Waals surface area contributed by atoms with E-state index in [9.17, 15) is 32.7 Å². The molecular weight excluding hydrogens is 647 g/mol. The van der Waals surface area contributed by atoms with E-state index in [1.165, 1.54) is 25.3 Å². The molecule has 3 fully saturated rings. The highest BCUT2D eigenvalue weighted by Crippen LogP contribution is 2.41. The lowest BCUT2D eigenvalue weighted by molar-refractivity contribution is -0.143. The van der Waals surface area contributed by atoms with Gasteiger partial charge in [0.15, 0.2) is 0 Å². The molecule has 4 amide bonds. The number of amides is 4. The number of carbonyl (C=O) groups excluding carboxylic acids is 3. The molecule has 13 heteroatoms. The van der Waals surface area contributed by atoms with Gasteiger partial charge in [-0.1, -0.05) is 36.2 Å². The zero-order valence-corrected chi connectivity index (χ0v) is 27.7. The Kier molecular flexibility index (Phi) is 10.4. The van der Waals surface area contributed by atoms with Crippen LogP contribution in [-0.2, 0) is 28.7 Å². The number of anilines is 1. The summed E-state index contributed by atoms with van der Waals surface area (Å²) in [5, 5.41) is 12.5. The van der Waals surface area contributed by atoms with Gasteiger partial charge in [0.2, 0.25) is 11.8 Å². The van der Waals surface area contributed by atoms with Gasteiger partial charge in [0, 0.05) is 56.9 Å². The van der Waals surface area contributed by atoms with Crippen LogP contribution >= 0.6 is 11.6 Å². The highest BCUT2D eigenvalue weighted by Gasteiger charge is 2.38. The Labute approximate surface area is 284 Å². The van der Waals surface area contributed by atoms with Crippen molar-refractivity contribution in [1.82, 2.24) is 19.6 Å². The van der Waals surface area contributed by atoms with Gasteiger partial charge in [-0.2, -0.15) is 13.2 Å². The van der Waals surface area contributed by atoms with Gasteiger partial charge in [-0.05, 0) is 87.4 Å². The number of phenolic OH excluding ortho intramolecular Hbond substituents is 1. The van der Waals surface area contributed by atoms with Crippen molar-refractivity contribution >= 4 is 35.1 Å². The van der Waals surface area contributed by atoms with Gasteiger partial charge >= 0.3 is 12.2 Å². The van der Waals surface area contributed by atoms with Crippen molar-refractivity contribution in [2.24, 2.45) is 5.92 Å². The van der Waals surface area contributed by atoms with Crippen LogP contribution in [0.3, 0.4) is 0 Å². The van der Waals surface area contributed by atoms with E-state index in [4.69, 9.17) is 11.6 Å². The Balaban J connectivity index is 1.13. The van der Waals surface area contributed by atoms with E-state index in [1.807, 2.05) is 24.3 Å². The van der Waals surface area contributed by atoms with Crippen molar-refractivity contribution in [2.75, 3.05) is 44.6 Å². The van der Waals surface area contributed by atoms with Gasteiger partial charge in [-0.25, -0.2) is 4.79 Å². The molecule has 4 aliphatic rings. The monoisotopic (exact) mass is 689 g/mol. The van der Waals surface area contributed by atoms with Crippen molar-refractivity contribution in [3.05, 3.63) is 58.1 Å². The molecule has 2 N–H and O–H groups in total. The first-order valence-corrected chi connectivity index (χ1v) is 17.4. The minimum Gasteiger partial charge on any atom is -0.506 e. The Hall–Kier alpha value is -3.51. The first-order chi connectivity index (χ1) is 23.0. The number of benzene rings is 2. The molecule has 2 aromatic carbocycles. The zero-order chi connectivity index (χ0) is 34.0. The molecule has 3 saturated heterocycles. The molecule has 6 rings (SSSR count). The fourth-order valence-electron chi connectivity index (χ4n) is 7.80. The van der Waals surface area contributed by atoms with E-state index in [0.29, 0.717) is 51.6 Å². The topological polar surface area (TPSA) is 96.4 Å². The number of hydrogen-bond acceptors (Lipinski definition) is 5. The normalized spacial score (nSPS) is 20.8. The van der Waals surface area contributed by atoms with Gasteiger partial charge in [0.25, 0.3) is 0 Å². The van der Waals surface area contributed by atoms with Gasteiger partial charge in [0.1, 0.15) is 5.75 Å². The van der Waals surface area contributed by atoms with E-state index >= 15 is 0 Å². The molecule has 0 radical (unpaired) electrons. The lowest BCUT2D eigenvalue weighted by Crippen LogP contribution is -2.52. The van der Waals surface area contributed by atoms with Gasteiger partial charge in [-0.15, -0.1) is 0 Å². The molecule has 0 aliphatic carbocycles. The number of likely N-dealkylation sites (tertiary alicyclic amines) is 3. The lowest BCUT2D eigenvalue weighted by atomic mass is 9.91. The van der Waals surface area contributed by atoms with E-state index in [2.05, 4.69) is 10.2 Å². The first kappa shape index (κ1) is 34.4. The van der Waals surface area contributed by atoms with Crippen molar-refractivity contribution in [3.63, 3.8) is 0 Å². The largest absolute Gasteiger partial charge is 0.506 e. The fourth-order valence-corrected chi connectivity index (χ4v) is 8.04. The molecule has 1 atom stereocenters. The number of nitrogens with zero attached hydrogens (tertiary/aromatic N) is 4. The van der Waals surface area contributed by atoms with Crippen LogP contribution in [0.4, 0.5) is 23.7 Å². The van der Waals surface area contributed by atoms with Gasteiger partial charge < -0.3 is 30.0 Å². The van der Waals surface area contributed by atoms with Crippen LogP contribution in [0, 0.1) is 5.92 Å². The first-order valence-electron chi connectivity index (χ1n) is 17.0. The number of urea groups is 1. The Morgan fingerprint density at radius 3 is 2.25 bits per heavy atom. The molecule has 0 unspecified atom stereocenters. The van der Waals surface area contributed by atoms with Crippen molar-refractivity contribution in [1.29, 1.82) is 0 Å². The summed E-state index contributed by atoms with van der Waals surface area (Å²) in [6.07, 6.45) is 1.25. The summed E-state index contributed by atoms with van der Waals surface area (Å²) in [5.74, 6) is -2.45. The fraction of sp³-hybridized carbons (Fsp3) is 0.571. The number of hydrogen-bond donors (Lipinski definition) is 2. The van der Waals surface area contributed by atoms with Crippen LogP contribution in [0.25, 0.3) is 0 Å². The maximum Gasteiger partial charge on any atom is 0.420 e. The molecule has 0 bridgehead atoms. The standard InChI is InChI=1S/C35H43ClF3N5O4/c36-29-20-23(19-28(32(29)46)35(37,38)39)18-25(33(47)43-16-8-26(9-17-43)41-12-4-1-5-13-41)21-31(45)42-14-10-27(11-15-42)44-22-24-6-2-3-7-30(24)40-34(44)48/h2-3,6-7,19-20,25-27,46H,1,4-5,8-18,21-22H2,(H,40,48)/t25-/m0/s1. The molecule has 4 aliphatic heterocycles. The third-order valence-electron chi connectivity index (χ3n) is 10.5. The van der Waals surface area contributed by atoms with Crippen LogP contribution in [-0.4, -0.2) is 93.9 Å². The second-order valence-electron chi connectivity index (χ2n) is 13.6. The highest BCUT2D eigenvalue weighted by atomic mass is 35.5. The number of alkyl halides is 3. The number of nitrogens with one attached hydrogen (secondary N) is 1. The number of carbonyl (C=O) groups is 3. The molecule has 48 heavy (non-hydrogen) atoms. The van der Waals surface area contributed by atoms with Crippen LogP contribution in [0.5, 0.6) is 5.75 Å². The van der Waals surface area contributed by atoms with Crippen LogP contribution in [0.15, 0.2) is 36.4 Å². The minimum atomic E-state index is -4.84. The third kappa shape index (κ3) is 7.70. The molecule has 260 valence electrons. The molecule has 9 nitrogen and oxygen atoms in total. The van der Waals surface area contributed by atoms with Crippen molar-refractivity contribution in [3.8, 4) is 5.75 Å². The summed E-state index contributed by atoms with van der Waals surface area (Å²) in [6, 6.07) is 9.90. The maximum absolute atomic E-state index is 14.0. The summed E-state index contributed by atoms with van der Waals surface area (Å²) in [6.45, 7) is 4.47. The number of halogens is 4. The van der Waals surface area contributed by atoms with E-state index in [0.717, 1.165) is 43.2 Å². The average molecular weight is 690 g/mol. The summed E-state index contributed by atoms with van der Waals surface area (Å²) in [5.41, 5.74) is 0.695. The Bertz CT molecular complexity index is 1500. The van der Waals surface area contributed by atoms with Gasteiger partial charge in [0.05, 0.1) is 16.5 Å². The molecular formula is C35H43ClF3N5O4. The quantitative estimate of drug-likeness (QED) is 0.365. The molecule has 0 aromatic heterocycles. The van der Waals surface area contributed by atoms with E-state index < -0.39 is 28.4 Å². The van der Waals surface area contributed by atoms with Crippen LogP contribution in [0.2, 0.25) is 5.02 Å². The number of piperidine rings is 3. The molecule has 4 heterocycles. The number of phenols is 1. The zero-order valence-electron chi connectivity index (χ0n) is 27.0. The summed E-state index contributed by atoms with van der Waals surface area (Å²) >= 11 is 6.01. The molecule has 2 aromatic rings. The minimum absolute atomic E-state index is 0.0547. The number of para-hydroxylation sites is 1. The number of rotatable bonds is 7. The lowest BCUT2D eigenvalue weighted by Gasteiger charge is -2.41. The smallest absolute Gasteiger partial charge is 0.420 e. The third-order valence-corrected chi connectivity index (χ3v) is 10.8. The maximum atomic E-state index is 14.0. The number of fused-ring (bicyclic) bond motifs is 1. The second-order valence-corrected chi connectivity index (χ2v) is 14.0. The van der Waals surface area contributed by atoms with E-state index in [1.54, 1.807) is 14.7 Å². The summed E-state index contributed by atoms with van der Waals surface area (Å²) in [4.78, 5) is 48.3. The van der Waals surface area contributed by atoms with Crippen LogP contribution < -0.4 is 5.32 Å². The Morgan fingerprint density at radius 1 is 0.917 bits per heavy atom. The van der Waals surface area contributed by atoms with Gasteiger partial charge in [-0.3, -0.25) is 9.59 Å². The van der Waals surface area contributed by atoms with Crippen molar-refractivity contribution < 1.29 is 32.7 Å².